The van der Waals surface area contributed by atoms with Crippen LogP contribution in [0.5, 0.6) is 0 Å². The van der Waals surface area contributed by atoms with E-state index >= 15 is 0 Å². The molecule has 2 aromatic rings. The SMILES string of the molecule is CN(C)S(=O)(=O)c1ccc(C(=O)NCc2ncc[nH]2)o1. The zero-order valence-electron chi connectivity index (χ0n) is 11.0. The van der Waals surface area contributed by atoms with Gasteiger partial charge in [-0.1, -0.05) is 0 Å². The second-order valence-electron chi connectivity index (χ2n) is 4.12. The molecule has 0 spiro atoms. The number of imidazole rings is 1. The largest absolute Gasteiger partial charge is 0.438 e. The number of aromatic nitrogens is 2. The van der Waals surface area contributed by atoms with E-state index in [1.165, 1.54) is 26.2 Å². The van der Waals surface area contributed by atoms with Gasteiger partial charge in [0.2, 0.25) is 5.09 Å². The van der Waals surface area contributed by atoms with Crippen LogP contribution in [0.4, 0.5) is 0 Å². The van der Waals surface area contributed by atoms with Gasteiger partial charge in [0.1, 0.15) is 5.82 Å². The number of H-pyrrole nitrogens is 1. The van der Waals surface area contributed by atoms with E-state index in [1.807, 2.05) is 0 Å². The second kappa shape index (κ2) is 5.47. The Kier molecular flexibility index (Phi) is 3.91. The van der Waals surface area contributed by atoms with Gasteiger partial charge in [0, 0.05) is 26.5 Å². The molecular weight excluding hydrogens is 284 g/mol. The Morgan fingerprint density at radius 3 is 2.80 bits per heavy atom. The van der Waals surface area contributed by atoms with Crippen molar-refractivity contribution < 1.29 is 17.6 Å². The molecule has 0 radical (unpaired) electrons. The minimum absolute atomic E-state index is 0.0722. The number of carbonyl (C=O) groups excluding carboxylic acids is 1. The molecular formula is C11H14N4O4S. The lowest BCUT2D eigenvalue weighted by molar-refractivity contribution is 0.0916. The summed E-state index contributed by atoms with van der Waals surface area (Å²) in [6, 6.07) is 2.56. The van der Waals surface area contributed by atoms with Gasteiger partial charge in [0.25, 0.3) is 15.9 Å². The molecule has 9 heteroatoms. The van der Waals surface area contributed by atoms with Crippen molar-refractivity contribution in [2.75, 3.05) is 14.1 Å². The number of aromatic amines is 1. The Morgan fingerprint density at radius 2 is 2.20 bits per heavy atom. The van der Waals surface area contributed by atoms with Gasteiger partial charge in [-0.05, 0) is 12.1 Å². The number of amides is 1. The van der Waals surface area contributed by atoms with Crippen molar-refractivity contribution in [2.24, 2.45) is 0 Å². The van der Waals surface area contributed by atoms with Gasteiger partial charge in [-0.3, -0.25) is 4.79 Å². The van der Waals surface area contributed by atoms with E-state index in [9.17, 15) is 13.2 Å². The summed E-state index contributed by atoms with van der Waals surface area (Å²) < 4.78 is 29.7. The van der Waals surface area contributed by atoms with Crippen LogP contribution in [0.3, 0.4) is 0 Å². The highest BCUT2D eigenvalue weighted by atomic mass is 32.2. The van der Waals surface area contributed by atoms with Crippen LogP contribution < -0.4 is 5.32 Å². The van der Waals surface area contributed by atoms with Crippen molar-refractivity contribution >= 4 is 15.9 Å². The standard InChI is InChI=1S/C11H14N4O4S/c1-15(2)20(17,18)10-4-3-8(19-10)11(16)14-7-9-12-5-6-13-9/h3-6H,7H2,1-2H3,(H,12,13)(H,14,16). The van der Waals surface area contributed by atoms with Gasteiger partial charge >= 0.3 is 0 Å². The van der Waals surface area contributed by atoms with Crippen LogP contribution in [-0.4, -0.2) is 42.7 Å². The van der Waals surface area contributed by atoms with Gasteiger partial charge in [-0.25, -0.2) is 17.7 Å². The fourth-order valence-electron chi connectivity index (χ4n) is 1.41. The third-order valence-electron chi connectivity index (χ3n) is 2.51. The first kappa shape index (κ1) is 14.3. The molecule has 2 heterocycles. The van der Waals surface area contributed by atoms with Gasteiger partial charge < -0.3 is 14.7 Å². The van der Waals surface area contributed by atoms with E-state index in [2.05, 4.69) is 15.3 Å². The lowest BCUT2D eigenvalue weighted by atomic mass is 10.4. The summed E-state index contributed by atoms with van der Waals surface area (Å²) in [4.78, 5) is 18.6. The first-order valence-electron chi connectivity index (χ1n) is 5.70. The fourth-order valence-corrected chi connectivity index (χ4v) is 2.20. The van der Waals surface area contributed by atoms with E-state index in [0.717, 1.165) is 4.31 Å². The summed E-state index contributed by atoms with van der Waals surface area (Å²) >= 11 is 0. The summed E-state index contributed by atoms with van der Waals surface area (Å²) in [6.07, 6.45) is 3.20. The van der Waals surface area contributed by atoms with Gasteiger partial charge in [-0.15, -0.1) is 0 Å². The van der Waals surface area contributed by atoms with Crippen LogP contribution in [0.25, 0.3) is 0 Å². The normalized spacial score (nSPS) is 11.8. The Balaban J connectivity index is 2.07. The molecule has 8 nitrogen and oxygen atoms in total. The van der Waals surface area contributed by atoms with Crippen LogP contribution in [0.2, 0.25) is 0 Å². The molecule has 0 saturated heterocycles. The smallest absolute Gasteiger partial charge is 0.287 e. The second-order valence-corrected chi connectivity index (χ2v) is 6.21. The highest BCUT2D eigenvalue weighted by Crippen LogP contribution is 2.16. The number of nitrogens with zero attached hydrogens (tertiary/aromatic N) is 2. The summed E-state index contributed by atoms with van der Waals surface area (Å²) in [5.41, 5.74) is 0. The average molecular weight is 298 g/mol. The Bertz CT molecular complexity index is 688. The van der Waals surface area contributed by atoms with Crippen molar-refractivity contribution in [3.05, 3.63) is 36.1 Å². The Hall–Kier alpha value is -2.13. The molecule has 0 aromatic carbocycles. The fraction of sp³-hybridized carbons (Fsp3) is 0.273. The zero-order valence-corrected chi connectivity index (χ0v) is 11.8. The quantitative estimate of drug-likeness (QED) is 0.818. The maximum absolute atomic E-state index is 11.8. The summed E-state index contributed by atoms with van der Waals surface area (Å²) in [5, 5.41) is 2.29. The lowest BCUT2D eigenvalue weighted by Crippen LogP contribution is -2.23. The molecule has 2 rings (SSSR count). The molecule has 20 heavy (non-hydrogen) atoms. The third kappa shape index (κ3) is 2.89. The monoisotopic (exact) mass is 298 g/mol. The van der Waals surface area contributed by atoms with E-state index in [0.29, 0.717) is 5.82 Å². The van der Waals surface area contributed by atoms with Crippen molar-refractivity contribution in [3.63, 3.8) is 0 Å². The molecule has 0 unspecified atom stereocenters. The molecule has 0 atom stereocenters. The minimum Gasteiger partial charge on any atom is -0.438 e. The van der Waals surface area contributed by atoms with Crippen molar-refractivity contribution in [1.82, 2.24) is 19.6 Å². The number of rotatable bonds is 5. The summed E-state index contributed by atoms with van der Waals surface area (Å²) in [5.74, 6) is 0.00429. The van der Waals surface area contributed by atoms with E-state index < -0.39 is 15.9 Å². The van der Waals surface area contributed by atoms with Crippen molar-refractivity contribution in [3.8, 4) is 0 Å². The molecule has 0 bridgehead atoms. The maximum atomic E-state index is 11.8. The Morgan fingerprint density at radius 1 is 1.45 bits per heavy atom. The third-order valence-corrected chi connectivity index (χ3v) is 4.20. The van der Waals surface area contributed by atoms with Crippen LogP contribution in [-0.2, 0) is 16.6 Å². The maximum Gasteiger partial charge on any atom is 0.287 e. The van der Waals surface area contributed by atoms with Crippen LogP contribution >= 0.6 is 0 Å². The van der Waals surface area contributed by atoms with Gasteiger partial charge in [0.05, 0.1) is 6.54 Å². The summed E-state index contributed by atoms with van der Waals surface area (Å²) in [7, 11) is -0.913. The topological polar surface area (TPSA) is 108 Å². The molecule has 0 fully saturated rings. The van der Waals surface area contributed by atoms with Gasteiger partial charge in [0.15, 0.2) is 5.76 Å². The van der Waals surface area contributed by atoms with E-state index in [-0.39, 0.29) is 17.4 Å². The molecule has 2 aromatic heterocycles. The van der Waals surface area contributed by atoms with Crippen LogP contribution in [0.15, 0.2) is 34.0 Å². The predicted molar refractivity (Wildman–Crippen MR) is 69.3 cm³/mol. The van der Waals surface area contributed by atoms with Crippen LogP contribution in [0, 0.1) is 0 Å². The first-order valence-corrected chi connectivity index (χ1v) is 7.14. The highest BCUT2D eigenvalue weighted by Gasteiger charge is 2.23. The van der Waals surface area contributed by atoms with E-state index in [4.69, 9.17) is 4.42 Å². The molecule has 2 N–H and O–H groups in total. The van der Waals surface area contributed by atoms with Crippen molar-refractivity contribution in [2.45, 2.75) is 11.6 Å². The number of hydrogen-bond donors (Lipinski definition) is 2. The van der Waals surface area contributed by atoms with Crippen LogP contribution in [0.1, 0.15) is 16.4 Å². The molecule has 0 aliphatic rings. The van der Waals surface area contributed by atoms with E-state index in [1.54, 1.807) is 12.4 Å². The Labute approximate surface area is 115 Å². The zero-order chi connectivity index (χ0) is 14.8. The molecule has 1 amide bonds. The predicted octanol–water partition coefficient (Wildman–Crippen LogP) is 0.183. The number of nitrogens with one attached hydrogen (secondary N) is 2. The molecule has 0 saturated carbocycles. The lowest BCUT2D eigenvalue weighted by Gasteiger charge is -2.07. The number of furan rings is 1. The van der Waals surface area contributed by atoms with Crippen molar-refractivity contribution in [1.29, 1.82) is 0 Å². The molecule has 0 aliphatic heterocycles. The van der Waals surface area contributed by atoms with Gasteiger partial charge in [-0.2, -0.15) is 0 Å². The molecule has 0 aliphatic carbocycles. The number of carbonyl (C=O) groups is 1. The molecule has 108 valence electrons. The minimum atomic E-state index is -3.68. The highest BCUT2D eigenvalue weighted by molar-refractivity contribution is 7.88. The summed E-state index contributed by atoms with van der Waals surface area (Å²) in [6.45, 7) is 0.197. The number of sulfonamides is 1. The number of hydrogen-bond acceptors (Lipinski definition) is 5. The first-order chi connectivity index (χ1) is 9.41. The average Bonchev–Trinajstić information content (AvgIpc) is 3.07.